The van der Waals surface area contributed by atoms with E-state index in [1.165, 1.54) is 0 Å². The molecule has 0 aliphatic heterocycles. The van der Waals surface area contributed by atoms with Gasteiger partial charge in [-0.15, -0.1) is 0 Å². The fraction of sp³-hybridized carbons (Fsp3) is 0.778. The van der Waals surface area contributed by atoms with Gasteiger partial charge in [-0.2, -0.15) is 0 Å². The molecule has 0 saturated heterocycles. The van der Waals surface area contributed by atoms with Crippen molar-refractivity contribution in [1.82, 2.24) is 0 Å². The quantitative estimate of drug-likeness (QED) is 0.404. The van der Waals surface area contributed by atoms with Crippen molar-refractivity contribution in [2.75, 3.05) is 6.61 Å². The van der Waals surface area contributed by atoms with Gasteiger partial charge in [0.15, 0.2) is 0 Å². The lowest BCUT2D eigenvalue weighted by Crippen LogP contribution is -2.12. The maximum Gasteiger partial charge on any atom is 0.293 e. The first kappa shape index (κ1) is 11.9. The molecule has 0 aromatic rings. The second-order valence-corrected chi connectivity index (χ2v) is 2.75. The number of hydrogen-bond acceptors (Lipinski definition) is 4. The van der Waals surface area contributed by atoms with Crippen LogP contribution in [0.2, 0.25) is 0 Å². The van der Waals surface area contributed by atoms with Gasteiger partial charge >= 0.3 is 0 Å². The first-order chi connectivity index (χ1) is 6.35. The average Bonchev–Trinajstić information content (AvgIpc) is 2.13. The Kier molecular flexibility index (Phi) is 8.30. The molecule has 0 aromatic heterocycles. The largest absolute Gasteiger partial charge is 0.468 e. The second kappa shape index (κ2) is 9.03. The number of hydrogen-bond donors (Lipinski definition) is 0. The highest BCUT2D eigenvalue weighted by atomic mass is 16.5. The van der Waals surface area contributed by atoms with Crippen molar-refractivity contribution in [3.05, 3.63) is 0 Å². The molecule has 0 heterocycles. The van der Waals surface area contributed by atoms with Crippen molar-refractivity contribution >= 4 is 12.9 Å². The van der Waals surface area contributed by atoms with Crippen LogP contribution in [0.5, 0.6) is 0 Å². The van der Waals surface area contributed by atoms with Crippen LogP contribution in [0, 0.1) is 0 Å². The molecule has 0 fully saturated rings. The molecular weight excluding hydrogens is 172 g/mol. The predicted octanol–water partition coefficient (Wildman–Crippen LogP) is 1.28. The summed E-state index contributed by atoms with van der Waals surface area (Å²) in [5.41, 5.74) is 0. The SMILES string of the molecule is CCC[C@@H](CCCOC=O)OC=O. The molecule has 0 bridgehead atoms. The fourth-order valence-electron chi connectivity index (χ4n) is 1.12. The maximum atomic E-state index is 10.1. The Morgan fingerprint density at radius 2 is 2.00 bits per heavy atom. The third-order valence-electron chi connectivity index (χ3n) is 1.71. The first-order valence-corrected chi connectivity index (χ1v) is 4.49. The van der Waals surface area contributed by atoms with Crippen LogP contribution >= 0.6 is 0 Å². The summed E-state index contributed by atoms with van der Waals surface area (Å²) >= 11 is 0. The van der Waals surface area contributed by atoms with Gasteiger partial charge < -0.3 is 9.47 Å². The zero-order valence-electron chi connectivity index (χ0n) is 7.90. The van der Waals surface area contributed by atoms with Gasteiger partial charge in [0.25, 0.3) is 12.9 Å². The van der Waals surface area contributed by atoms with Gasteiger partial charge in [0.1, 0.15) is 6.10 Å². The third-order valence-corrected chi connectivity index (χ3v) is 1.71. The molecule has 0 amide bonds. The molecule has 13 heavy (non-hydrogen) atoms. The summed E-state index contributed by atoms with van der Waals surface area (Å²) in [6, 6.07) is 0. The predicted molar refractivity (Wildman–Crippen MR) is 47.1 cm³/mol. The van der Waals surface area contributed by atoms with E-state index in [2.05, 4.69) is 4.74 Å². The maximum absolute atomic E-state index is 10.1. The minimum absolute atomic E-state index is 0.0299. The van der Waals surface area contributed by atoms with Gasteiger partial charge in [-0.3, -0.25) is 9.59 Å². The highest BCUT2D eigenvalue weighted by Gasteiger charge is 2.07. The molecule has 0 aliphatic rings. The number of rotatable bonds is 9. The van der Waals surface area contributed by atoms with E-state index in [9.17, 15) is 9.59 Å². The minimum atomic E-state index is -0.0299. The highest BCUT2D eigenvalue weighted by molar-refractivity contribution is 5.37. The molecule has 0 N–H and O–H groups in total. The molecule has 0 aliphatic carbocycles. The molecule has 0 spiro atoms. The van der Waals surface area contributed by atoms with E-state index in [1.807, 2.05) is 6.92 Å². The van der Waals surface area contributed by atoms with Gasteiger partial charge in [-0.05, 0) is 19.3 Å². The first-order valence-electron chi connectivity index (χ1n) is 4.49. The average molecular weight is 188 g/mol. The second-order valence-electron chi connectivity index (χ2n) is 2.75. The summed E-state index contributed by atoms with van der Waals surface area (Å²) in [5.74, 6) is 0. The van der Waals surface area contributed by atoms with E-state index in [0.717, 1.165) is 25.7 Å². The topological polar surface area (TPSA) is 52.6 Å². The molecule has 1 atom stereocenters. The van der Waals surface area contributed by atoms with E-state index in [1.54, 1.807) is 0 Å². The van der Waals surface area contributed by atoms with E-state index in [0.29, 0.717) is 19.6 Å². The Balaban J connectivity index is 3.43. The molecule has 4 nitrogen and oxygen atoms in total. The van der Waals surface area contributed by atoms with Crippen LogP contribution in [-0.4, -0.2) is 25.7 Å². The molecular formula is C9H16O4. The van der Waals surface area contributed by atoms with Gasteiger partial charge in [0.2, 0.25) is 0 Å². The molecule has 0 radical (unpaired) electrons. The summed E-state index contributed by atoms with van der Waals surface area (Å²) in [6.07, 6.45) is 3.29. The van der Waals surface area contributed by atoms with Crippen LogP contribution in [0.1, 0.15) is 32.6 Å². The Morgan fingerprint density at radius 1 is 1.23 bits per heavy atom. The van der Waals surface area contributed by atoms with Crippen LogP contribution in [0.15, 0.2) is 0 Å². The van der Waals surface area contributed by atoms with Crippen molar-refractivity contribution in [3.63, 3.8) is 0 Å². The van der Waals surface area contributed by atoms with Crippen LogP contribution in [0.3, 0.4) is 0 Å². The van der Waals surface area contributed by atoms with Crippen LogP contribution < -0.4 is 0 Å². The lowest BCUT2D eigenvalue weighted by molar-refractivity contribution is -0.135. The number of carbonyl (C=O) groups is 2. The Bertz CT molecular complexity index is 136. The van der Waals surface area contributed by atoms with Crippen molar-refractivity contribution < 1.29 is 19.1 Å². The Labute approximate surface area is 78.2 Å². The number of carbonyl (C=O) groups excluding carboxylic acids is 2. The lowest BCUT2D eigenvalue weighted by Gasteiger charge is -2.13. The smallest absolute Gasteiger partial charge is 0.293 e. The Hall–Kier alpha value is -1.06. The highest BCUT2D eigenvalue weighted by Crippen LogP contribution is 2.08. The summed E-state index contributed by atoms with van der Waals surface area (Å²) < 4.78 is 9.35. The normalized spacial score (nSPS) is 11.8. The fourth-order valence-corrected chi connectivity index (χ4v) is 1.12. The van der Waals surface area contributed by atoms with E-state index < -0.39 is 0 Å². The molecule has 0 saturated carbocycles. The van der Waals surface area contributed by atoms with Gasteiger partial charge in [-0.25, -0.2) is 0 Å². The standard InChI is InChI=1S/C9H16O4/c1-2-4-9(13-8-11)5-3-6-12-7-10/h7-9H,2-6H2,1H3/t9-/m0/s1. The molecule has 76 valence electrons. The summed E-state index contributed by atoms with van der Waals surface area (Å²) in [4.78, 5) is 19.9. The zero-order valence-corrected chi connectivity index (χ0v) is 7.90. The summed E-state index contributed by atoms with van der Waals surface area (Å²) in [5, 5.41) is 0. The third kappa shape index (κ3) is 7.31. The van der Waals surface area contributed by atoms with Crippen molar-refractivity contribution in [1.29, 1.82) is 0 Å². The summed E-state index contributed by atoms with van der Waals surface area (Å²) in [7, 11) is 0. The molecule has 0 aromatic carbocycles. The van der Waals surface area contributed by atoms with E-state index >= 15 is 0 Å². The van der Waals surface area contributed by atoms with Crippen LogP contribution in [0.25, 0.3) is 0 Å². The van der Waals surface area contributed by atoms with Crippen molar-refractivity contribution in [2.45, 2.75) is 38.7 Å². The molecule has 4 heteroatoms. The van der Waals surface area contributed by atoms with Gasteiger partial charge in [-0.1, -0.05) is 13.3 Å². The summed E-state index contributed by atoms with van der Waals surface area (Å²) in [6.45, 7) is 3.32. The molecule has 0 rings (SSSR count). The van der Waals surface area contributed by atoms with Crippen molar-refractivity contribution in [3.8, 4) is 0 Å². The lowest BCUT2D eigenvalue weighted by atomic mass is 10.1. The zero-order chi connectivity index (χ0) is 9.94. The van der Waals surface area contributed by atoms with E-state index in [-0.39, 0.29) is 6.10 Å². The van der Waals surface area contributed by atoms with Gasteiger partial charge in [0, 0.05) is 0 Å². The minimum Gasteiger partial charge on any atom is -0.468 e. The van der Waals surface area contributed by atoms with E-state index in [4.69, 9.17) is 4.74 Å². The Morgan fingerprint density at radius 3 is 2.54 bits per heavy atom. The number of ether oxygens (including phenoxy) is 2. The molecule has 0 unspecified atom stereocenters. The van der Waals surface area contributed by atoms with Gasteiger partial charge in [0.05, 0.1) is 6.61 Å². The van der Waals surface area contributed by atoms with Crippen molar-refractivity contribution in [2.24, 2.45) is 0 Å². The monoisotopic (exact) mass is 188 g/mol. The van der Waals surface area contributed by atoms with Crippen LogP contribution in [-0.2, 0) is 19.1 Å². The van der Waals surface area contributed by atoms with Crippen LogP contribution in [0.4, 0.5) is 0 Å².